The largest absolute Gasteiger partial charge is 0.358 e. The van der Waals surface area contributed by atoms with Gasteiger partial charge in [0.15, 0.2) is 0 Å². The molecular weight excluding hydrogens is 285 g/mol. The Morgan fingerprint density at radius 3 is 2.62 bits per heavy atom. The normalized spacial score (nSPS) is 10.4. The van der Waals surface area contributed by atoms with Crippen LogP contribution in [-0.4, -0.2) is 14.5 Å². The lowest BCUT2D eigenvalue weighted by molar-refractivity contribution is -0.392. The standard InChI is InChI=1S/C7H10IN3O2/c1-3-5-6(11(12)13)10(4-2)7(8)9-5/h3-4H2,1-2H3. The van der Waals surface area contributed by atoms with Crippen molar-refractivity contribution in [3.8, 4) is 0 Å². The molecule has 0 aliphatic heterocycles. The summed E-state index contributed by atoms with van der Waals surface area (Å²) in [6.45, 7) is 4.32. The Bertz CT molecular complexity index is 335. The van der Waals surface area contributed by atoms with Crippen LogP contribution in [0.3, 0.4) is 0 Å². The third-order valence-electron chi connectivity index (χ3n) is 1.79. The number of imidazole rings is 1. The Labute approximate surface area is 89.4 Å². The Morgan fingerprint density at radius 2 is 2.23 bits per heavy atom. The zero-order valence-corrected chi connectivity index (χ0v) is 9.61. The van der Waals surface area contributed by atoms with Crippen LogP contribution in [0.1, 0.15) is 19.5 Å². The zero-order valence-electron chi connectivity index (χ0n) is 7.45. The lowest BCUT2D eigenvalue weighted by Gasteiger charge is -1.98. The summed E-state index contributed by atoms with van der Waals surface area (Å²) in [5, 5.41) is 10.7. The average Bonchev–Trinajstić information content (AvgIpc) is 2.41. The van der Waals surface area contributed by atoms with Gasteiger partial charge in [0.2, 0.25) is 0 Å². The second-order valence-electron chi connectivity index (χ2n) is 2.51. The predicted octanol–water partition coefficient (Wildman–Crippen LogP) is 1.98. The van der Waals surface area contributed by atoms with E-state index >= 15 is 0 Å². The SMILES string of the molecule is CCc1nc(I)n(CC)c1[N+](=O)[O-]. The number of nitrogens with zero attached hydrogens (tertiary/aromatic N) is 3. The van der Waals surface area contributed by atoms with Crippen LogP contribution >= 0.6 is 22.6 Å². The van der Waals surface area contributed by atoms with Crippen molar-refractivity contribution in [2.45, 2.75) is 26.8 Å². The molecule has 0 radical (unpaired) electrons. The minimum absolute atomic E-state index is 0.134. The average molecular weight is 295 g/mol. The van der Waals surface area contributed by atoms with Crippen molar-refractivity contribution in [2.75, 3.05) is 0 Å². The fourth-order valence-corrected chi connectivity index (χ4v) is 2.05. The summed E-state index contributed by atoms with van der Waals surface area (Å²) in [6, 6.07) is 0. The van der Waals surface area contributed by atoms with E-state index in [0.717, 1.165) is 0 Å². The summed E-state index contributed by atoms with van der Waals surface area (Å²) >= 11 is 2.01. The van der Waals surface area contributed by atoms with Crippen molar-refractivity contribution in [2.24, 2.45) is 0 Å². The minimum Gasteiger partial charge on any atom is -0.358 e. The van der Waals surface area contributed by atoms with Gasteiger partial charge in [-0.25, -0.2) is 4.57 Å². The summed E-state index contributed by atoms with van der Waals surface area (Å²) in [5.74, 6) is 0.134. The van der Waals surface area contributed by atoms with E-state index in [1.807, 2.05) is 36.4 Å². The second-order valence-corrected chi connectivity index (χ2v) is 3.47. The smallest absolute Gasteiger partial charge is 0.346 e. The molecule has 5 nitrogen and oxygen atoms in total. The van der Waals surface area contributed by atoms with Gasteiger partial charge in [0.05, 0.1) is 6.54 Å². The maximum Gasteiger partial charge on any atom is 0.346 e. The lowest BCUT2D eigenvalue weighted by atomic mass is 10.3. The molecule has 0 atom stereocenters. The molecule has 0 N–H and O–H groups in total. The summed E-state index contributed by atoms with van der Waals surface area (Å²) in [5.41, 5.74) is 0.566. The molecule has 0 saturated heterocycles. The molecule has 0 aromatic carbocycles. The lowest BCUT2D eigenvalue weighted by Crippen LogP contribution is -2.03. The summed E-state index contributed by atoms with van der Waals surface area (Å²) in [6.07, 6.45) is 0.597. The topological polar surface area (TPSA) is 61.0 Å². The molecule has 0 saturated carbocycles. The van der Waals surface area contributed by atoms with E-state index in [1.165, 1.54) is 0 Å². The minimum atomic E-state index is -0.364. The maximum absolute atomic E-state index is 10.7. The van der Waals surface area contributed by atoms with E-state index in [-0.39, 0.29) is 10.7 Å². The molecule has 0 amide bonds. The van der Waals surface area contributed by atoms with Gasteiger partial charge in [-0.2, -0.15) is 4.98 Å². The zero-order chi connectivity index (χ0) is 10.0. The molecule has 13 heavy (non-hydrogen) atoms. The van der Waals surface area contributed by atoms with Gasteiger partial charge in [0.1, 0.15) is 5.69 Å². The van der Waals surface area contributed by atoms with Gasteiger partial charge in [0.25, 0.3) is 3.83 Å². The van der Waals surface area contributed by atoms with Crippen LogP contribution < -0.4 is 0 Å². The highest BCUT2D eigenvalue weighted by Crippen LogP contribution is 2.21. The highest BCUT2D eigenvalue weighted by molar-refractivity contribution is 14.1. The Hall–Kier alpha value is -0.660. The van der Waals surface area contributed by atoms with Crippen molar-refractivity contribution >= 4 is 28.4 Å². The van der Waals surface area contributed by atoms with Crippen LogP contribution in [0.2, 0.25) is 0 Å². The molecule has 72 valence electrons. The van der Waals surface area contributed by atoms with E-state index in [4.69, 9.17) is 0 Å². The first-order chi connectivity index (χ1) is 6.11. The third-order valence-corrected chi connectivity index (χ3v) is 2.61. The van der Waals surface area contributed by atoms with Crippen LogP contribution in [0.25, 0.3) is 0 Å². The van der Waals surface area contributed by atoms with Crippen molar-refractivity contribution in [3.05, 3.63) is 19.6 Å². The number of hydrogen-bond donors (Lipinski definition) is 0. The van der Waals surface area contributed by atoms with E-state index in [2.05, 4.69) is 4.98 Å². The highest BCUT2D eigenvalue weighted by Gasteiger charge is 2.23. The Morgan fingerprint density at radius 1 is 1.62 bits per heavy atom. The molecule has 6 heteroatoms. The van der Waals surface area contributed by atoms with Crippen LogP contribution in [0.15, 0.2) is 0 Å². The number of hydrogen-bond acceptors (Lipinski definition) is 3. The molecule has 0 fully saturated rings. The number of rotatable bonds is 3. The maximum atomic E-state index is 10.7. The van der Waals surface area contributed by atoms with E-state index in [1.54, 1.807) is 4.57 Å². The number of aryl methyl sites for hydroxylation is 1. The first kappa shape index (κ1) is 10.4. The highest BCUT2D eigenvalue weighted by atomic mass is 127. The van der Waals surface area contributed by atoms with Gasteiger partial charge < -0.3 is 10.1 Å². The summed E-state index contributed by atoms with van der Waals surface area (Å²) < 4.78 is 2.29. The number of nitro groups is 1. The molecule has 1 heterocycles. The summed E-state index contributed by atoms with van der Waals surface area (Å²) in [7, 11) is 0. The van der Waals surface area contributed by atoms with Crippen LogP contribution in [0.5, 0.6) is 0 Å². The first-order valence-corrected chi connectivity index (χ1v) is 5.08. The van der Waals surface area contributed by atoms with Gasteiger partial charge in [-0.1, -0.05) is 6.92 Å². The first-order valence-electron chi connectivity index (χ1n) is 4.01. The number of halogens is 1. The van der Waals surface area contributed by atoms with Crippen molar-refractivity contribution < 1.29 is 4.92 Å². The van der Waals surface area contributed by atoms with Crippen LogP contribution in [0, 0.1) is 13.9 Å². The van der Waals surface area contributed by atoms with Gasteiger partial charge in [0, 0.05) is 22.6 Å². The fourth-order valence-electron chi connectivity index (χ4n) is 1.19. The van der Waals surface area contributed by atoms with E-state index in [0.29, 0.717) is 22.5 Å². The van der Waals surface area contributed by atoms with Gasteiger partial charge in [-0.15, -0.1) is 0 Å². The molecule has 0 spiro atoms. The van der Waals surface area contributed by atoms with Crippen LogP contribution in [0.4, 0.5) is 5.82 Å². The molecule has 0 bridgehead atoms. The van der Waals surface area contributed by atoms with Crippen molar-refractivity contribution in [1.82, 2.24) is 9.55 Å². The molecular formula is C7H10IN3O2. The second kappa shape index (κ2) is 4.03. The van der Waals surface area contributed by atoms with E-state index < -0.39 is 0 Å². The predicted molar refractivity (Wildman–Crippen MR) is 56.7 cm³/mol. The summed E-state index contributed by atoms with van der Waals surface area (Å²) in [4.78, 5) is 14.5. The quantitative estimate of drug-likeness (QED) is 0.486. The Kier molecular flexibility index (Phi) is 3.23. The fraction of sp³-hybridized carbons (Fsp3) is 0.571. The third kappa shape index (κ3) is 1.82. The van der Waals surface area contributed by atoms with Crippen molar-refractivity contribution in [3.63, 3.8) is 0 Å². The molecule has 0 unspecified atom stereocenters. The van der Waals surface area contributed by atoms with E-state index in [9.17, 15) is 10.1 Å². The monoisotopic (exact) mass is 295 g/mol. The molecule has 0 aliphatic carbocycles. The van der Waals surface area contributed by atoms with Crippen LogP contribution in [-0.2, 0) is 13.0 Å². The van der Waals surface area contributed by atoms with Gasteiger partial charge in [-0.05, 0) is 18.3 Å². The molecule has 1 rings (SSSR count). The molecule has 1 aromatic rings. The van der Waals surface area contributed by atoms with Crippen molar-refractivity contribution in [1.29, 1.82) is 0 Å². The van der Waals surface area contributed by atoms with Gasteiger partial charge >= 0.3 is 5.82 Å². The molecule has 1 aromatic heterocycles. The molecule has 0 aliphatic rings. The number of aromatic nitrogens is 2. The Balaban J connectivity index is 3.32. The van der Waals surface area contributed by atoms with Gasteiger partial charge in [-0.3, -0.25) is 0 Å².